The molecule has 2 unspecified atom stereocenters. The lowest BCUT2D eigenvalue weighted by atomic mass is 10.0. The lowest BCUT2D eigenvalue weighted by Crippen LogP contribution is -2.18. The second-order valence-electron chi connectivity index (χ2n) is 5.59. The summed E-state index contributed by atoms with van der Waals surface area (Å²) in [7, 11) is 0. The summed E-state index contributed by atoms with van der Waals surface area (Å²) < 4.78 is 13.5. The van der Waals surface area contributed by atoms with Gasteiger partial charge in [-0.25, -0.2) is 9.18 Å². The monoisotopic (exact) mass is 277 g/mol. The molecule has 0 heterocycles. The number of hydrogen-bond acceptors (Lipinski definition) is 2. The first-order valence-corrected chi connectivity index (χ1v) is 6.92. The van der Waals surface area contributed by atoms with E-state index in [9.17, 15) is 14.0 Å². The fourth-order valence-corrected chi connectivity index (χ4v) is 3.44. The topological polar surface area (TPSA) is 66.4 Å². The van der Waals surface area contributed by atoms with E-state index in [1.807, 2.05) is 0 Å². The summed E-state index contributed by atoms with van der Waals surface area (Å²) in [6.45, 7) is 0. The number of carbonyl (C=O) groups excluding carboxylic acids is 1. The number of aromatic carboxylic acids is 1. The molecule has 0 radical (unpaired) electrons. The van der Waals surface area contributed by atoms with Crippen LogP contribution in [0.25, 0.3) is 0 Å². The fourth-order valence-electron chi connectivity index (χ4n) is 3.44. The number of carbonyl (C=O) groups is 2. The summed E-state index contributed by atoms with van der Waals surface area (Å²) in [5, 5.41) is 11.6. The molecule has 2 aliphatic carbocycles. The van der Waals surface area contributed by atoms with Gasteiger partial charge in [0.15, 0.2) is 0 Å². The molecule has 1 aromatic rings. The Hall–Kier alpha value is -1.91. The van der Waals surface area contributed by atoms with Crippen LogP contribution in [0.1, 0.15) is 36.0 Å². The summed E-state index contributed by atoms with van der Waals surface area (Å²) in [4.78, 5) is 23.3. The van der Waals surface area contributed by atoms with E-state index in [4.69, 9.17) is 5.11 Å². The van der Waals surface area contributed by atoms with Crippen LogP contribution < -0.4 is 5.32 Å². The van der Waals surface area contributed by atoms with Gasteiger partial charge in [0.05, 0.1) is 5.69 Å². The van der Waals surface area contributed by atoms with Crippen LogP contribution in [0.2, 0.25) is 0 Å². The van der Waals surface area contributed by atoms with Crippen molar-refractivity contribution in [3.05, 3.63) is 29.6 Å². The maximum Gasteiger partial charge on any atom is 0.340 e. The molecule has 2 aliphatic rings. The molecule has 106 valence electrons. The van der Waals surface area contributed by atoms with Crippen LogP contribution in [0.4, 0.5) is 10.1 Å². The van der Waals surface area contributed by atoms with Crippen molar-refractivity contribution < 1.29 is 19.1 Å². The summed E-state index contributed by atoms with van der Waals surface area (Å²) in [5.41, 5.74) is -0.421. The molecular formula is C15H16FNO3. The molecule has 2 fully saturated rings. The molecule has 2 atom stereocenters. The number of anilines is 1. The van der Waals surface area contributed by atoms with E-state index < -0.39 is 17.3 Å². The molecular weight excluding hydrogens is 261 g/mol. The van der Waals surface area contributed by atoms with E-state index in [1.165, 1.54) is 12.1 Å². The largest absolute Gasteiger partial charge is 0.478 e. The number of carboxylic acids is 1. The number of nitrogens with one attached hydrogen (secondary N) is 1. The van der Waals surface area contributed by atoms with Crippen molar-refractivity contribution in [1.82, 2.24) is 0 Å². The molecule has 0 aromatic heterocycles. The Labute approximate surface area is 116 Å². The Kier molecular flexibility index (Phi) is 3.20. The van der Waals surface area contributed by atoms with Crippen LogP contribution in [0, 0.1) is 23.6 Å². The number of fused-ring (bicyclic) bond motifs is 1. The third-order valence-electron chi connectivity index (χ3n) is 4.44. The third kappa shape index (κ3) is 2.17. The van der Waals surface area contributed by atoms with E-state index in [2.05, 4.69) is 5.32 Å². The van der Waals surface area contributed by atoms with Gasteiger partial charge in [0.2, 0.25) is 5.91 Å². The van der Waals surface area contributed by atoms with Crippen LogP contribution in [-0.4, -0.2) is 17.0 Å². The van der Waals surface area contributed by atoms with Crippen LogP contribution in [0.3, 0.4) is 0 Å². The van der Waals surface area contributed by atoms with Gasteiger partial charge in [-0.1, -0.05) is 18.9 Å². The highest BCUT2D eigenvalue weighted by molar-refractivity contribution is 6.02. The number of halogens is 1. The van der Waals surface area contributed by atoms with Crippen LogP contribution >= 0.6 is 0 Å². The van der Waals surface area contributed by atoms with E-state index in [-0.39, 0.29) is 17.5 Å². The lowest BCUT2D eigenvalue weighted by Gasteiger charge is -2.09. The molecule has 1 aromatic carbocycles. The van der Waals surface area contributed by atoms with Crippen LogP contribution in [0.5, 0.6) is 0 Å². The van der Waals surface area contributed by atoms with E-state index in [0.29, 0.717) is 11.8 Å². The van der Waals surface area contributed by atoms with Gasteiger partial charge in [-0.3, -0.25) is 4.79 Å². The number of rotatable bonds is 3. The molecule has 0 aliphatic heterocycles. The number of amides is 1. The first-order valence-electron chi connectivity index (χ1n) is 6.92. The Morgan fingerprint density at radius 3 is 2.45 bits per heavy atom. The quantitative estimate of drug-likeness (QED) is 0.892. The highest BCUT2D eigenvalue weighted by atomic mass is 19.1. The second kappa shape index (κ2) is 4.89. The minimum atomic E-state index is -1.37. The maximum atomic E-state index is 13.5. The van der Waals surface area contributed by atoms with Crippen molar-refractivity contribution >= 4 is 17.6 Å². The predicted molar refractivity (Wildman–Crippen MR) is 70.9 cm³/mol. The molecule has 0 spiro atoms. The van der Waals surface area contributed by atoms with E-state index in [0.717, 1.165) is 31.7 Å². The normalized spacial score (nSPS) is 27.6. The van der Waals surface area contributed by atoms with Crippen molar-refractivity contribution in [1.29, 1.82) is 0 Å². The molecule has 3 rings (SSSR count). The first-order chi connectivity index (χ1) is 9.59. The Morgan fingerprint density at radius 1 is 1.20 bits per heavy atom. The zero-order chi connectivity index (χ0) is 14.3. The van der Waals surface area contributed by atoms with Crippen LogP contribution in [-0.2, 0) is 4.79 Å². The SMILES string of the molecule is O=C(O)c1c(F)cccc1NC(=O)C1C2CCCCC21. The summed E-state index contributed by atoms with van der Waals surface area (Å²) >= 11 is 0. The molecule has 2 saturated carbocycles. The van der Waals surface area contributed by atoms with Crippen molar-refractivity contribution in [3.8, 4) is 0 Å². The second-order valence-corrected chi connectivity index (χ2v) is 5.59. The average molecular weight is 277 g/mol. The smallest absolute Gasteiger partial charge is 0.340 e. The summed E-state index contributed by atoms with van der Waals surface area (Å²) in [6, 6.07) is 3.91. The summed E-state index contributed by atoms with van der Waals surface area (Å²) in [6.07, 6.45) is 4.45. The van der Waals surface area contributed by atoms with E-state index in [1.54, 1.807) is 0 Å². The molecule has 0 bridgehead atoms. The fraction of sp³-hybridized carbons (Fsp3) is 0.467. The van der Waals surface area contributed by atoms with E-state index >= 15 is 0 Å². The average Bonchev–Trinajstić information content (AvgIpc) is 3.12. The zero-order valence-corrected chi connectivity index (χ0v) is 10.9. The third-order valence-corrected chi connectivity index (χ3v) is 4.44. The molecule has 20 heavy (non-hydrogen) atoms. The van der Waals surface area contributed by atoms with Gasteiger partial charge in [0, 0.05) is 5.92 Å². The van der Waals surface area contributed by atoms with Crippen LogP contribution in [0.15, 0.2) is 18.2 Å². The minimum absolute atomic E-state index is 0.0255. The first kappa shape index (κ1) is 13.1. The van der Waals surface area contributed by atoms with Gasteiger partial charge >= 0.3 is 5.97 Å². The molecule has 4 nitrogen and oxygen atoms in total. The Bertz CT molecular complexity index is 560. The van der Waals surface area contributed by atoms with Gasteiger partial charge < -0.3 is 10.4 Å². The Balaban J connectivity index is 1.77. The number of carboxylic acid groups (broad SMARTS) is 1. The van der Waals surface area contributed by atoms with Gasteiger partial charge in [0.25, 0.3) is 0 Å². The van der Waals surface area contributed by atoms with Crippen molar-refractivity contribution in [2.45, 2.75) is 25.7 Å². The van der Waals surface area contributed by atoms with Crippen molar-refractivity contribution in [2.24, 2.45) is 17.8 Å². The predicted octanol–water partition coefficient (Wildman–Crippen LogP) is 2.90. The minimum Gasteiger partial charge on any atom is -0.478 e. The standard InChI is InChI=1S/C15H16FNO3/c16-10-6-3-7-11(13(10)15(19)20)17-14(18)12-8-4-1-2-5-9(8)12/h3,6-9,12H,1-2,4-5H2,(H,17,18)(H,19,20). The molecule has 0 saturated heterocycles. The van der Waals surface area contributed by atoms with Crippen molar-refractivity contribution in [3.63, 3.8) is 0 Å². The highest BCUT2D eigenvalue weighted by Gasteiger charge is 2.54. The lowest BCUT2D eigenvalue weighted by molar-refractivity contribution is -0.117. The number of benzene rings is 1. The molecule has 1 amide bonds. The van der Waals surface area contributed by atoms with Gasteiger partial charge in [-0.15, -0.1) is 0 Å². The van der Waals surface area contributed by atoms with Crippen molar-refractivity contribution in [2.75, 3.05) is 5.32 Å². The maximum absolute atomic E-state index is 13.5. The highest BCUT2D eigenvalue weighted by Crippen LogP contribution is 2.55. The molecule has 2 N–H and O–H groups in total. The zero-order valence-electron chi connectivity index (χ0n) is 10.9. The molecule has 5 heteroatoms. The van der Waals surface area contributed by atoms with Gasteiger partial charge in [-0.2, -0.15) is 0 Å². The Morgan fingerprint density at radius 2 is 1.85 bits per heavy atom. The number of hydrogen-bond donors (Lipinski definition) is 2. The summed E-state index contributed by atoms with van der Waals surface area (Å²) in [5.74, 6) is -1.52. The van der Waals surface area contributed by atoms with Gasteiger partial charge in [0.1, 0.15) is 11.4 Å². The van der Waals surface area contributed by atoms with Gasteiger partial charge in [-0.05, 0) is 36.8 Å².